The molecule has 0 saturated carbocycles. The predicted molar refractivity (Wildman–Crippen MR) is 100 cm³/mol. The van der Waals surface area contributed by atoms with Gasteiger partial charge in [0, 0.05) is 18.9 Å². The molecule has 0 saturated heterocycles. The van der Waals surface area contributed by atoms with Crippen molar-refractivity contribution in [3.05, 3.63) is 89.0 Å². The Balaban J connectivity index is 1.95. The van der Waals surface area contributed by atoms with Crippen LogP contribution in [0.2, 0.25) is 0 Å². The summed E-state index contributed by atoms with van der Waals surface area (Å²) >= 11 is 0. The molecule has 0 amide bonds. The summed E-state index contributed by atoms with van der Waals surface area (Å²) in [7, 11) is 0. The van der Waals surface area contributed by atoms with Gasteiger partial charge in [-0.1, -0.05) is 60.7 Å². The molecule has 3 rings (SSSR count). The highest BCUT2D eigenvalue weighted by atomic mass is 16.3. The molecule has 0 bridgehead atoms. The van der Waals surface area contributed by atoms with E-state index >= 15 is 0 Å². The largest absolute Gasteiger partial charge is 0.507 e. The van der Waals surface area contributed by atoms with E-state index in [9.17, 15) is 24.9 Å². The molecule has 3 aromatic carbocycles. The van der Waals surface area contributed by atoms with E-state index in [2.05, 4.69) is 0 Å². The second-order valence-corrected chi connectivity index (χ2v) is 6.18. The summed E-state index contributed by atoms with van der Waals surface area (Å²) in [6, 6.07) is 18.6. The summed E-state index contributed by atoms with van der Waals surface area (Å²) in [6.07, 6.45) is -0.113. The molecule has 0 aliphatic rings. The van der Waals surface area contributed by atoms with Crippen molar-refractivity contribution >= 4 is 11.6 Å². The van der Waals surface area contributed by atoms with Crippen LogP contribution in [0.5, 0.6) is 17.2 Å². The van der Waals surface area contributed by atoms with Crippen LogP contribution in [-0.4, -0.2) is 26.9 Å². The lowest BCUT2D eigenvalue weighted by molar-refractivity contribution is 0.0985. The van der Waals surface area contributed by atoms with Crippen molar-refractivity contribution in [2.24, 2.45) is 0 Å². The maximum absolute atomic E-state index is 12.6. The van der Waals surface area contributed by atoms with Crippen LogP contribution in [0, 0.1) is 0 Å². The van der Waals surface area contributed by atoms with Gasteiger partial charge in [-0.25, -0.2) is 0 Å². The van der Waals surface area contributed by atoms with E-state index in [4.69, 9.17) is 0 Å². The summed E-state index contributed by atoms with van der Waals surface area (Å²) in [6.45, 7) is 0. The number of phenols is 3. The van der Waals surface area contributed by atoms with Crippen LogP contribution >= 0.6 is 0 Å². The zero-order valence-electron chi connectivity index (χ0n) is 14.4. The third-order valence-electron chi connectivity index (χ3n) is 4.23. The fourth-order valence-corrected chi connectivity index (χ4v) is 2.93. The van der Waals surface area contributed by atoms with Gasteiger partial charge in [-0.05, 0) is 11.1 Å². The van der Waals surface area contributed by atoms with Crippen molar-refractivity contribution < 1.29 is 24.9 Å². The van der Waals surface area contributed by atoms with E-state index in [1.54, 1.807) is 48.5 Å². The SMILES string of the molecule is O=C(Cc1ccccc1)c1c(O)cc(O)c(C(=O)Cc2ccccc2)c1O. The first kappa shape index (κ1) is 18.2. The minimum atomic E-state index is -0.700. The van der Waals surface area contributed by atoms with Gasteiger partial charge in [0.05, 0.1) is 0 Å². The first-order valence-electron chi connectivity index (χ1n) is 8.39. The summed E-state index contributed by atoms with van der Waals surface area (Å²) in [5.74, 6) is -2.94. The molecule has 0 unspecified atom stereocenters. The second kappa shape index (κ2) is 7.74. The smallest absolute Gasteiger partial charge is 0.174 e. The highest BCUT2D eigenvalue weighted by Crippen LogP contribution is 2.38. The third-order valence-corrected chi connectivity index (χ3v) is 4.23. The molecule has 136 valence electrons. The van der Waals surface area contributed by atoms with Gasteiger partial charge in [0.15, 0.2) is 11.6 Å². The van der Waals surface area contributed by atoms with E-state index in [1.165, 1.54) is 0 Å². The lowest BCUT2D eigenvalue weighted by atomic mass is 9.94. The van der Waals surface area contributed by atoms with E-state index in [1.807, 2.05) is 12.1 Å². The Labute approximate surface area is 156 Å². The van der Waals surface area contributed by atoms with Crippen LogP contribution in [0.4, 0.5) is 0 Å². The number of benzene rings is 3. The van der Waals surface area contributed by atoms with Crippen molar-refractivity contribution in [2.45, 2.75) is 12.8 Å². The topological polar surface area (TPSA) is 94.8 Å². The van der Waals surface area contributed by atoms with Crippen LogP contribution in [0.1, 0.15) is 31.8 Å². The number of Topliss-reactive ketones (excluding diaryl/α,β-unsaturated/α-hetero) is 2. The molecule has 0 aliphatic heterocycles. The number of hydrogen-bond acceptors (Lipinski definition) is 5. The molecule has 3 N–H and O–H groups in total. The maximum Gasteiger partial charge on any atom is 0.174 e. The summed E-state index contributed by atoms with van der Waals surface area (Å²) < 4.78 is 0. The minimum Gasteiger partial charge on any atom is -0.507 e. The average molecular weight is 362 g/mol. The van der Waals surface area contributed by atoms with E-state index in [0.29, 0.717) is 11.1 Å². The molecule has 0 aromatic heterocycles. The molecule has 5 nitrogen and oxygen atoms in total. The second-order valence-electron chi connectivity index (χ2n) is 6.18. The number of phenolic OH excluding ortho intramolecular Hbond substituents is 3. The van der Waals surface area contributed by atoms with Crippen molar-refractivity contribution in [3.8, 4) is 17.2 Å². The molecule has 0 atom stereocenters. The molecule has 0 spiro atoms. The van der Waals surface area contributed by atoms with E-state index < -0.39 is 28.8 Å². The fraction of sp³-hybridized carbons (Fsp3) is 0.0909. The summed E-state index contributed by atoms with van der Waals surface area (Å²) in [4.78, 5) is 25.2. The van der Waals surface area contributed by atoms with Gasteiger partial charge < -0.3 is 15.3 Å². The van der Waals surface area contributed by atoms with Crippen LogP contribution in [0.25, 0.3) is 0 Å². The van der Waals surface area contributed by atoms with Crippen molar-refractivity contribution in [1.82, 2.24) is 0 Å². The van der Waals surface area contributed by atoms with Crippen molar-refractivity contribution in [3.63, 3.8) is 0 Å². The Morgan fingerprint density at radius 2 is 1.00 bits per heavy atom. The van der Waals surface area contributed by atoms with Gasteiger partial charge in [0.2, 0.25) is 0 Å². The van der Waals surface area contributed by atoms with Gasteiger partial charge in [-0.2, -0.15) is 0 Å². The Morgan fingerprint density at radius 1 is 0.630 bits per heavy atom. The third kappa shape index (κ3) is 3.98. The van der Waals surface area contributed by atoms with Gasteiger partial charge in [0.25, 0.3) is 0 Å². The van der Waals surface area contributed by atoms with Crippen molar-refractivity contribution in [2.75, 3.05) is 0 Å². The molecule has 0 fully saturated rings. The van der Waals surface area contributed by atoms with Gasteiger partial charge in [0.1, 0.15) is 28.4 Å². The zero-order chi connectivity index (χ0) is 19.4. The highest BCUT2D eigenvalue weighted by Gasteiger charge is 2.26. The summed E-state index contributed by atoms with van der Waals surface area (Å²) in [5.41, 5.74) is 0.666. The Hall–Kier alpha value is -3.60. The molecule has 3 aromatic rings. The molecule has 0 heterocycles. The first-order chi connectivity index (χ1) is 13.0. The van der Waals surface area contributed by atoms with Gasteiger partial charge >= 0.3 is 0 Å². The standard InChI is InChI=1S/C22H18O5/c23-16(11-14-7-3-1-4-8-14)20-18(25)13-19(26)21(22(20)27)17(24)12-15-9-5-2-6-10-15/h1-10,13,25-27H,11-12H2. The Bertz CT molecular complexity index is 901. The van der Waals surface area contributed by atoms with Crippen molar-refractivity contribution in [1.29, 1.82) is 0 Å². The van der Waals surface area contributed by atoms with Gasteiger partial charge in [-0.15, -0.1) is 0 Å². The lowest BCUT2D eigenvalue weighted by Gasteiger charge is -2.13. The molecular weight excluding hydrogens is 344 g/mol. The summed E-state index contributed by atoms with van der Waals surface area (Å²) in [5, 5.41) is 30.6. The molecule has 5 heteroatoms. The number of aromatic hydroxyl groups is 3. The molecule has 27 heavy (non-hydrogen) atoms. The number of carbonyl (C=O) groups is 2. The van der Waals surface area contributed by atoms with E-state index in [0.717, 1.165) is 6.07 Å². The van der Waals surface area contributed by atoms with E-state index in [-0.39, 0.29) is 24.0 Å². The molecule has 0 radical (unpaired) electrons. The Morgan fingerprint density at radius 3 is 1.37 bits per heavy atom. The average Bonchev–Trinajstić information content (AvgIpc) is 2.63. The van der Waals surface area contributed by atoms with Crippen LogP contribution in [-0.2, 0) is 12.8 Å². The zero-order valence-corrected chi connectivity index (χ0v) is 14.4. The highest BCUT2D eigenvalue weighted by molar-refractivity contribution is 6.09. The lowest BCUT2D eigenvalue weighted by Crippen LogP contribution is -2.10. The van der Waals surface area contributed by atoms with Gasteiger partial charge in [-0.3, -0.25) is 9.59 Å². The number of rotatable bonds is 6. The quantitative estimate of drug-likeness (QED) is 0.582. The van der Waals surface area contributed by atoms with Crippen LogP contribution in [0.15, 0.2) is 66.7 Å². The normalized spacial score (nSPS) is 10.5. The monoisotopic (exact) mass is 362 g/mol. The first-order valence-corrected chi connectivity index (χ1v) is 8.39. The maximum atomic E-state index is 12.6. The molecular formula is C22H18O5. The molecule has 0 aliphatic carbocycles. The number of ketones is 2. The predicted octanol–water partition coefficient (Wildman–Crippen LogP) is 3.65. The number of hydrogen-bond donors (Lipinski definition) is 3. The minimum absolute atomic E-state index is 0.0565. The fourth-order valence-electron chi connectivity index (χ4n) is 2.93. The Kier molecular flexibility index (Phi) is 5.22. The van der Waals surface area contributed by atoms with Crippen LogP contribution < -0.4 is 0 Å². The van der Waals surface area contributed by atoms with Crippen LogP contribution in [0.3, 0.4) is 0 Å². The number of carbonyl (C=O) groups excluding carboxylic acids is 2.